The molecule has 4 aromatic rings. The summed E-state index contributed by atoms with van der Waals surface area (Å²) in [6.45, 7) is 0. The Balaban J connectivity index is 1.35. The Morgan fingerprint density at radius 3 is 2.55 bits per heavy atom. The van der Waals surface area contributed by atoms with Gasteiger partial charge in [-0.1, -0.05) is 78.5 Å². The standard InChI is InChI=1S/C23H22N4OS/c1-27-21(15-14-17-8-3-2-4-9-17)25-26-23(27)29-16-22(28)24-20-13-7-11-18-10-5-6-12-19(18)20/h2-13H,14-16H2,1H3,(H,24,28). The largest absolute Gasteiger partial charge is 0.325 e. The van der Waals surface area contributed by atoms with E-state index in [-0.39, 0.29) is 11.7 Å². The first-order valence-corrected chi connectivity index (χ1v) is 10.5. The molecule has 146 valence electrons. The second-order valence-corrected chi connectivity index (χ2v) is 7.75. The highest BCUT2D eigenvalue weighted by molar-refractivity contribution is 7.99. The Bertz CT molecular complexity index is 1120. The monoisotopic (exact) mass is 402 g/mol. The summed E-state index contributed by atoms with van der Waals surface area (Å²) in [4.78, 5) is 12.5. The smallest absolute Gasteiger partial charge is 0.234 e. The molecule has 0 saturated carbocycles. The molecule has 5 nitrogen and oxygen atoms in total. The third-order valence-electron chi connectivity index (χ3n) is 4.80. The number of anilines is 1. The third-order valence-corrected chi connectivity index (χ3v) is 5.82. The summed E-state index contributed by atoms with van der Waals surface area (Å²) in [7, 11) is 1.95. The number of aromatic nitrogens is 3. The molecule has 0 radical (unpaired) electrons. The van der Waals surface area contributed by atoms with E-state index >= 15 is 0 Å². The number of carbonyl (C=O) groups is 1. The van der Waals surface area contributed by atoms with Gasteiger partial charge in [-0.2, -0.15) is 0 Å². The Kier molecular flexibility index (Phi) is 5.91. The van der Waals surface area contributed by atoms with Crippen LogP contribution >= 0.6 is 11.8 Å². The van der Waals surface area contributed by atoms with E-state index in [2.05, 4.69) is 27.6 Å². The van der Waals surface area contributed by atoms with E-state index in [0.717, 1.165) is 40.3 Å². The molecule has 4 rings (SSSR count). The molecule has 3 aromatic carbocycles. The maximum atomic E-state index is 12.5. The molecule has 0 aliphatic carbocycles. The number of thioether (sulfide) groups is 1. The number of rotatable bonds is 7. The topological polar surface area (TPSA) is 59.8 Å². The van der Waals surface area contributed by atoms with Gasteiger partial charge in [0, 0.05) is 24.5 Å². The lowest BCUT2D eigenvalue weighted by molar-refractivity contribution is -0.113. The minimum atomic E-state index is -0.0554. The van der Waals surface area contributed by atoms with Gasteiger partial charge < -0.3 is 9.88 Å². The van der Waals surface area contributed by atoms with Gasteiger partial charge in [-0.05, 0) is 23.4 Å². The summed E-state index contributed by atoms with van der Waals surface area (Å²) < 4.78 is 1.97. The second-order valence-electron chi connectivity index (χ2n) is 6.81. The molecule has 0 unspecified atom stereocenters. The number of aryl methyl sites for hydroxylation is 2. The van der Waals surface area contributed by atoms with Gasteiger partial charge >= 0.3 is 0 Å². The van der Waals surface area contributed by atoms with Crippen LogP contribution in [0, 0.1) is 0 Å². The summed E-state index contributed by atoms with van der Waals surface area (Å²) in [6, 6.07) is 24.3. The van der Waals surface area contributed by atoms with Crippen molar-refractivity contribution < 1.29 is 4.79 Å². The predicted octanol–water partition coefficient (Wildman–Crippen LogP) is 4.48. The van der Waals surface area contributed by atoms with Gasteiger partial charge in [-0.25, -0.2) is 0 Å². The molecule has 1 aromatic heterocycles. The molecule has 0 bridgehead atoms. The fourth-order valence-corrected chi connectivity index (χ4v) is 3.97. The molecule has 29 heavy (non-hydrogen) atoms. The molecule has 0 atom stereocenters. The highest BCUT2D eigenvalue weighted by Gasteiger charge is 2.12. The predicted molar refractivity (Wildman–Crippen MR) is 118 cm³/mol. The zero-order chi connectivity index (χ0) is 20.1. The van der Waals surface area contributed by atoms with E-state index in [1.165, 1.54) is 17.3 Å². The summed E-state index contributed by atoms with van der Waals surface area (Å²) in [5.74, 6) is 1.15. The summed E-state index contributed by atoms with van der Waals surface area (Å²) in [5, 5.41) is 14.5. The summed E-state index contributed by atoms with van der Waals surface area (Å²) >= 11 is 1.40. The highest BCUT2D eigenvalue weighted by Crippen LogP contribution is 2.24. The molecule has 6 heteroatoms. The van der Waals surface area contributed by atoms with Crippen LogP contribution in [0.15, 0.2) is 78.0 Å². The van der Waals surface area contributed by atoms with Gasteiger partial charge in [-0.3, -0.25) is 4.79 Å². The summed E-state index contributed by atoms with van der Waals surface area (Å²) in [5.41, 5.74) is 2.11. The second kappa shape index (κ2) is 8.92. The first-order chi connectivity index (χ1) is 14.2. The van der Waals surface area contributed by atoms with Crippen molar-refractivity contribution in [2.45, 2.75) is 18.0 Å². The van der Waals surface area contributed by atoms with Crippen molar-refractivity contribution in [2.24, 2.45) is 7.05 Å². The number of benzene rings is 3. The number of amides is 1. The lowest BCUT2D eigenvalue weighted by atomic mass is 10.1. The maximum Gasteiger partial charge on any atom is 0.234 e. The van der Waals surface area contributed by atoms with Crippen LogP contribution in [0.4, 0.5) is 5.69 Å². The van der Waals surface area contributed by atoms with Crippen molar-refractivity contribution in [1.29, 1.82) is 0 Å². The quantitative estimate of drug-likeness (QED) is 0.463. The van der Waals surface area contributed by atoms with Crippen LogP contribution in [0.25, 0.3) is 10.8 Å². The zero-order valence-corrected chi connectivity index (χ0v) is 17.0. The van der Waals surface area contributed by atoms with Crippen LogP contribution in [-0.2, 0) is 24.7 Å². The van der Waals surface area contributed by atoms with Gasteiger partial charge in [-0.15, -0.1) is 10.2 Å². The third kappa shape index (κ3) is 4.66. The van der Waals surface area contributed by atoms with E-state index in [0.29, 0.717) is 0 Å². The molecule has 1 N–H and O–H groups in total. The van der Waals surface area contributed by atoms with Crippen LogP contribution < -0.4 is 5.32 Å². The molecule has 0 spiro atoms. The van der Waals surface area contributed by atoms with E-state index in [9.17, 15) is 4.79 Å². The van der Waals surface area contributed by atoms with Gasteiger partial charge in [0.05, 0.1) is 5.75 Å². The average Bonchev–Trinajstić information content (AvgIpc) is 3.11. The van der Waals surface area contributed by atoms with Gasteiger partial charge in [0.15, 0.2) is 5.16 Å². The Labute approximate surface area is 174 Å². The number of nitrogens with zero attached hydrogens (tertiary/aromatic N) is 3. The molecule has 0 saturated heterocycles. The number of hydrogen-bond donors (Lipinski definition) is 1. The van der Waals surface area contributed by atoms with Crippen LogP contribution in [0.2, 0.25) is 0 Å². The molecule has 0 aliphatic rings. The van der Waals surface area contributed by atoms with Crippen molar-refractivity contribution in [3.63, 3.8) is 0 Å². The SMILES string of the molecule is Cn1c(CCc2ccccc2)nnc1SCC(=O)Nc1cccc2ccccc12. The van der Waals surface area contributed by atoms with E-state index in [1.54, 1.807) is 0 Å². The van der Waals surface area contributed by atoms with Crippen LogP contribution in [0.3, 0.4) is 0 Å². The van der Waals surface area contributed by atoms with E-state index < -0.39 is 0 Å². The molecular weight excluding hydrogens is 380 g/mol. The van der Waals surface area contributed by atoms with E-state index in [1.807, 2.05) is 72.3 Å². The number of hydrogen-bond acceptors (Lipinski definition) is 4. The fourth-order valence-electron chi connectivity index (χ4n) is 3.24. The minimum Gasteiger partial charge on any atom is -0.325 e. The first-order valence-electron chi connectivity index (χ1n) is 9.53. The molecule has 0 aliphatic heterocycles. The normalized spacial score (nSPS) is 10.9. The minimum absolute atomic E-state index is 0.0554. The van der Waals surface area contributed by atoms with Crippen LogP contribution in [-0.4, -0.2) is 26.4 Å². The molecular formula is C23H22N4OS. The van der Waals surface area contributed by atoms with Crippen LogP contribution in [0.1, 0.15) is 11.4 Å². The van der Waals surface area contributed by atoms with Gasteiger partial charge in [0.25, 0.3) is 0 Å². The average molecular weight is 403 g/mol. The van der Waals surface area contributed by atoms with Crippen molar-refractivity contribution >= 4 is 34.1 Å². The molecule has 0 fully saturated rings. The fraction of sp³-hybridized carbons (Fsp3) is 0.174. The van der Waals surface area contributed by atoms with E-state index in [4.69, 9.17) is 0 Å². The number of carbonyl (C=O) groups excluding carboxylic acids is 1. The number of fused-ring (bicyclic) bond motifs is 1. The lowest BCUT2D eigenvalue weighted by Gasteiger charge is -2.08. The van der Waals surface area contributed by atoms with Crippen molar-refractivity contribution in [1.82, 2.24) is 14.8 Å². The van der Waals surface area contributed by atoms with Crippen LogP contribution in [0.5, 0.6) is 0 Å². The van der Waals surface area contributed by atoms with Gasteiger partial charge in [0.2, 0.25) is 5.91 Å². The number of nitrogens with one attached hydrogen (secondary N) is 1. The Morgan fingerprint density at radius 2 is 1.69 bits per heavy atom. The lowest BCUT2D eigenvalue weighted by Crippen LogP contribution is -2.14. The van der Waals surface area contributed by atoms with Crippen molar-refractivity contribution in [3.05, 3.63) is 84.2 Å². The molecule has 1 heterocycles. The molecule has 1 amide bonds. The Hall–Kier alpha value is -3.12. The highest BCUT2D eigenvalue weighted by atomic mass is 32.2. The maximum absolute atomic E-state index is 12.5. The Morgan fingerprint density at radius 1 is 0.931 bits per heavy atom. The zero-order valence-electron chi connectivity index (χ0n) is 16.2. The van der Waals surface area contributed by atoms with Gasteiger partial charge in [0.1, 0.15) is 5.82 Å². The first kappa shape index (κ1) is 19.2. The van der Waals surface area contributed by atoms with Crippen molar-refractivity contribution in [3.8, 4) is 0 Å². The van der Waals surface area contributed by atoms with Crippen molar-refractivity contribution in [2.75, 3.05) is 11.1 Å². The summed E-state index contributed by atoms with van der Waals surface area (Å²) in [6.07, 6.45) is 1.73.